The molecule has 0 aliphatic carbocycles. The zero-order valence-corrected chi connectivity index (χ0v) is 6.46. The number of aromatic nitrogens is 1. The van der Waals surface area contributed by atoms with Crippen molar-refractivity contribution in [3.05, 3.63) is 42.5 Å². The van der Waals surface area contributed by atoms with E-state index in [1.54, 1.807) is 7.05 Å². The standard InChI is InChI=1S/C9H10BN/c1-3-5-9-8(4-2)6-7-10-11-9/h3-4,6-7H,1-2,5H2. The van der Waals surface area contributed by atoms with Gasteiger partial charge in [0.05, 0.1) is 0 Å². The normalized spacial score (nSPS) is 8.73. The Kier molecular flexibility index (Phi) is 2.78. The van der Waals surface area contributed by atoms with E-state index in [2.05, 4.69) is 18.0 Å². The average Bonchev–Trinajstić information content (AvgIpc) is 2.06. The first-order chi connectivity index (χ1) is 5.38. The molecule has 2 heteroatoms. The molecule has 0 amide bonds. The van der Waals surface area contributed by atoms with E-state index in [9.17, 15) is 0 Å². The van der Waals surface area contributed by atoms with E-state index in [-0.39, 0.29) is 0 Å². The molecule has 1 rings (SSSR count). The van der Waals surface area contributed by atoms with E-state index < -0.39 is 0 Å². The van der Waals surface area contributed by atoms with Crippen molar-refractivity contribution < 1.29 is 0 Å². The van der Waals surface area contributed by atoms with Gasteiger partial charge in [-0.3, -0.25) is 0 Å². The quantitative estimate of drug-likeness (QED) is 0.587. The molecule has 1 nitrogen and oxygen atoms in total. The van der Waals surface area contributed by atoms with E-state index in [1.165, 1.54) is 0 Å². The fraction of sp³-hybridized carbons (Fsp3) is 0.111. The maximum absolute atomic E-state index is 4.20. The predicted octanol–water partition coefficient (Wildman–Crippen LogP) is 1.79. The summed E-state index contributed by atoms with van der Waals surface area (Å²) in [4.78, 5) is 4.20. The molecule has 54 valence electrons. The van der Waals surface area contributed by atoms with E-state index in [0.717, 1.165) is 17.7 Å². The second kappa shape index (κ2) is 3.86. The molecule has 1 heterocycles. The summed E-state index contributed by atoms with van der Waals surface area (Å²) in [6.07, 6.45) is 4.46. The molecule has 0 spiro atoms. The van der Waals surface area contributed by atoms with Gasteiger partial charge in [-0.25, -0.2) is 0 Å². The van der Waals surface area contributed by atoms with Crippen LogP contribution in [0.3, 0.4) is 0 Å². The maximum atomic E-state index is 4.20. The molecule has 0 fully saturated rings. The Morgan fingerprint density at radius 1 is 1.55 bits per heavy atom. The van der Waals surface area contributed by atoms with Crippen molar-refractivity contribution in [1.82, 2.24) is 4.89 Å². The molecule has 11 heavy (non-hydrogen) atoms. The van der Waals surface area contributed by atoms with Gasteiger partial charge in [-0.2, -0.15) is 0 Å². The molecule has 0 bridgehead atoms. The van der Waals surface area contributed by atoms with Gasteiger partial charge in [-0.05, 0) is 0 Å². The predicted molar refractivity (Wildman–Crippen MR) is 49.6 cm³/mol. The molecule has 0 saturated carbocycles. The number of hydrogen-bond acceptors (Lipinski definition) is 1. The number of allylic oxidation sites excluding steroid dienone is 1. The summed E-state index contributed by atoms with van der Waals surface area (Å²) in [5.74, 6) is 1.91. The molecular weight excluding hydrogens is 133 g/mol. The Bertz CT molecular complexity index is 268. The van der Waals surface area contributed by atoms with Crippen LogP contribution in [0.1, 0.15) is 11.3 Å². The van der Waals surface area contributed by atoms with E-state index in [1.807, 2.05) is 24.2 Å². The molecule has 0 atom stereocenters. The minimum absolute atomic E-state index is 0.808. The second-order valence-corrected chi connectivity index (χ2v) is 2.24. The van der Waals surface area contributed by atoms with Gasteiger partial charge in [0.25, 0.3) is 0 Å². The molecule has 0 radical (unpaired) electrons. The summed E-state index contributed by atoms with van der Waals surface area (Å²) in [7, 11) is 1.78. The Morgan fingerprint density at radius 2 is 2.36 bits per heavy atom. The van der Waals surface area contributed by atoms with Gasteiger partial charge >= 0.3 is 67.0 Å². The summed E-state index contributed by atoms with van der Waals surface area (Å²) >= 11 is 0. The first kappa shape index (κ1) is 7.93. The van der Waals surface area contributed by atoms with Gasteiger partial charge in [0.2, 0.25) is 0 Å². The Labute approximate surface area is 67.7 Å². The van der Waals surface area contributed by atoms with Crippen molar-refractivity contribution in [2.75, 3.05) is 0 Å². The molecule has 0 N–H and O–H groups in total. The fourth-order valence-corrected chi connectivity index (χ4v) is 0.944. The van der Waals surface area contributed by atoms with Crippen LogP contribution in [0.5, 0.6) is 0 Å². The molecule has 0 saturated heterocycles. The van der Waals surface area contributed by atoms with Crippen LogP contribution in [-0.4, -0.2) is 11.9 Å². The Balaban J connectivity index is 3.01. The van der Waals surface area contributed by atoms with Gasteiger partial charge in [0, 0.05) is 0 Å². The Hall–Kier alpha value is -1.18. The van der Waals surface area contributed by atoms with Gasteiger partial charge < -0.3 is 0 Å². The van der Waals surface area contributed by atoms with Crippen LogP contribution in [-0.2, 0) is 6.42 Å². The molecule has 0 unspecified atom stereocenters. The van der Waals surface area contributed by atoms with Gasteiger partial charge in [-0.15, -0.1) is 0 Å². The van der Waals surface area contributed by atoms with E-state index >= 15 is 0 Å². The van der Waals surface area contributed by atoms with Crippen LogP contribution in [0.4, 0.5) is 0 Å². The SMILES string of the molecule is C=CCc1nbccc1C=C. The van der Waals surface area contributed by atoms with E-state index in [0.29, 0.717) is 0 Å². The van der Waals surface area contributed by atoms with Crippen LogP contribution in [0.15, 0.2) is 31.3 Å². The van der Waals surface area contributed by atoms with Crippen molar-refractivity contribution >= 4 is 13.1 Å². The number of rotatable bonds is 3. The topological polar surface area (TPSA) is 12.9 Å². The van der Waals surface area contributed by atoms with Crippen molar-refractivity contribution in [1.29, 1.82) is 0 Å². The number of hydrogen-bond donors (Lipinski definition) is 0. The van der Waals surface area contributed by atoms with Gasteiger partial charge in [0.15, 0.2) is 0 Å². The second-order valence-electron chi connectivity index (χ2n) is 2.24. The minimum atomic E-state index is 0.808. The van der Waals surface area contributed by atoms with Gasteiger partial charge in [-0.1, -0.05) is 0 Å². The van der Waals surface area contributed by atoms with Crippen molar-refractivity contribution in [2.45, 2.75) is 6.42 Å². The third-order valence-electron chi connectivity index (χ3n) is 1.48. The van der Waals surface area contributed by atoms with Crippen molar-refractivity contribution in [2.24, 2.45) is 0 Å². The third-order valence-corrected chi connectivity index (χ3v) is 1.48. The van der Waals surface area contributed by atoms with Crippen molar-refractivity contribution in [3.63, 3.8) is 0 Å². The third kappa shape index (κ3) is 1.87. The molecular formula is C9H10BN. The molecule has 0 aliphatic heterocycles. The van der Waals surface area contributed by atoms with Crippen molar-refractivity contribution in [3.8, 4) is 0 Å². The first-order valence-electron chi connectivity index (χ1n) is 3.55. The summed E-state index contributed by atoms with van der Waals surface area (Å²) in [6, 6.07) is 2.00. The summed E-state index contributed by atoms with van der Waals surface area (Å²) in [5, 5.41) is 0. The molecule has 1 aromatic rings. The van der Waals surface area contributed by atoms with Crippen LogP contribution >= 0.6 is 0 Å². The summed E-state index contributed by atoms with van der Waals surface area (Å²) < 4.78 is 0. The molecule has 1 aromatic heterocycles. The monoisotopic (exact) mass is 143 g/mol. The number of nitrogens with zero attached hydrogens (tertiary/aromatic N) is 1. The Morgan fingerprint density at radius 3 is 3.00 bits per heavy atom. The summed E-state index contributed by atoms with van der Waals surface area (Å²) in [5.41, 5.74) is 2.13. The fourth-order valence-electron chi connectivity index (χ4n) is 0.944. The zero-order valence-electron chi connectivity index (χ0n) is 6.46. The molecule has 0 aliphatic rings. The average molecular weight is 143 g/mol. The molecule has 0 aromatic carbocycles. The van der Waals surface area contributed by atoms with Crippen LogP contribution in [0, 0.1) is 0 Å². The first-order valence-corrected chi connectivity index (χ1v) is 3.55. The van der Waals surface area contributed by atoms with Gasteiger partial charge in [0.1, 0.15) is 0 Å². The zero-order chi connectivity index (χ0) is 8.10. The van der Waals surface area contributed by atoms with Crippen LogP contribution < -0.4 is 0 Å². The van der Waals surface area contributed by atoms with Crippen LogP contribution in [0.25, 0.3) is 6.08 Å². The van der Waals surface area contributed by atoms with Crippen LogP contribution in [0.2, 0.25) is 0 Å². The van der Waals surface area contributed by atoms with E-state index in [4.69, 9.17) is 0 Å². The summed E-state index contributed by atoms with van der Waals surface area (Å²) in [6.45, 7) is 7.36.